The van der Waals surface area contributed by atoms with Gasteiger partial charge in [0.25, 0.3) is 5.91 Å². The van der Waals surface area contributed by atoms with Crippen LogP contribution in [0.1, 0.15) is 35.0 Å². The first-order valence-corrected chi connectivity index (χ1v) is 7.68. The Balaban J connectivity index is 1.73. The summed E-state index contributed by atoms with van der Waals surface area (Å²) in [5.74, 6) is -0.386. The molecule has 0 aliphatic heterocycles. The SMILES string of the molecule is CN(Cc1n[nH]c2c1CCC2)C(=O)C(O)c1ccccc1Cl. The molecule has 0 spiro atoms. The van der Waals surface area contributed by atoms with Crippen molar-refractivity contribution in [2.45, 2.75) is 31.9 Å². The quantitative estimate of drug-likeness (QED) is 0.908. The van der Waals surface area contributed by atoms with Gasteiger partial charge in [0.15, 0.2) is 6.10 Å². The number of hydrogen-bond donors (Lipinski definition) is 2. The maximum atomic E-state index is 12.4. The van der Waals surface area contributed by atoms with E-state index in [4.69, 9.17) is 11.6 Å². The topological polar surface area (TPSA) is 69.2 Å². The zero-order valence-corrected chi connectivity index (χ0v) is 13.1. The number of aryl methyl sites for hydroxylation is 1. The largest absolute Gasteiger partial charge is 0.378 e. The highest BCUT2D eigenvalue weighted by molar-refractivity contribution is 6.31. The minimum Gasteiger partial charge on any atom is -0.378 e. The van der Waals surface area contributed by atoms with Crippen molar-refractivity contribution in [3.05, 3.63) is 51.8 Å². The number of carbonyl (C=O) groups is 1. The molecule has 0 fully saturated rings. The first-order chi connectivity index (χ1) is 10.6. The number of rotatable bonds is 4. The van der Waals surface area contributed by atoms with E-state index in [2.05, 4.69) is 10.2 Å². The van der Waals surface area contributed by atoms with Gasteiger partial charge in [0.05, 0.1) is 12.2 Å². The summed E-state index contributed by atoms with van der Waals surface area (Å²) < 4.78 is 0. The predicted molar refractivity (Wildman–Crippen MR) is 83.5 cm³/mol. The van der Waals surface area contributed by atoms with Crippen LogP contribution in [-0.2, 0) is 24.2 Å². The molecule has 0 bridgehead atoms. The van der Waals surface area contributed by atoms with Gasteiger partial charge < -0.3 is 10.0 Å². The molecule has 1 unspecified atom stereocenters. The van der Waals surface area contributed by atoms with E-state index in [1.807, 2.05) is 0 Å². The standard InChI is InChI=1S/C16H18ClN3O2/c1-20(9-14-11-6-4-8-13(11)18-19-14)16(22)15(21)10-5-2-3-7-12(10)17/h2-3,5,7,15,21H,4,6,8-9H2,1H3,(H,18,19). The van der Waals surface area contributed by atoms with E-state index in [1.54, 1.807) is 31.3 Å². The summed E-state index contributed by atoms with van der Waals surface area (Å²) in [6.45, 7) is 0.381. The second-order valence-electron chi connectivity index (χ2n) is 5.60. The van der Waals surface area contributed by atoms with Crippen molar-refractivity contribution in [1.82, 2.24) is 15.1 Å². The molecule has 1 aromatic carbocycles. The molecule has 6 heteroatoms. The monoisotopic (exact) mass is 319 g/mol. The number of aliphatic hydroxyl groups is 1. The van der Waals surface area contributed by atoms with E-state index in [-0.39, 0.29) is 5.91 Å². The van der Waals surface area contributed by atoms with Crippen LogP contribution in [0.5, 0.6) is 0 Å². The van der Waals surface area contributed by atoms with Crippen LogP contribution < -0.4 is 0 Å². The Morgan fingerprint density at radius 3 is 3.00 bits per heavy atom. The van der Waals surface area contributed by atoms with Crippen LogP contribution in [0.4, 0.5) is 0 Å². The molecule has 1 aliphatic carbocycles. The van der Waals surface area contributed by atoms with Gasteiger partial charge in [0, 0.05) is 23.3 Å². The van der Waals surface area contributed by atoms with Gasteiger partial charge in [-0.15, -0.1) is 0 Å². The molecular formula is C16H18ClN3O2. The van der Waals surface area contributed by atoms with E-state index >= 15 is 0 Å². The van der Waals surface area contributed by atoms with E-state index < -0.39 is 6.10 Å². The molecule has 0 saturated carbocycles. The Morgan fingerprint density at radius 2 is 2.23 bits per heavy atom. The van der Waals surface area contributed by atoms with E-state index in [0.29, 0.717) is 17.1 Å². The highest BCUT2D eigenvalue weighted by atomic mass is 35.5. The minimum absolute atomic E-state index is 0.381. The Kier molecular flexibility index (Phi) is 4.18. The number of H-pyrrole nitrogens is 1. The van der Waals surface area contributed by atoms with Gasteiger partial charge in [-0.1, -0.05) is 29.8 Å². The van der Waals surface area contributed by atoms with Crippen LogP contribution in [0.15, 0.2) is 24.3 Å². The Bertz CT molecular complexity index is 698. The maximum absolute atomic E-state index is 12.4. The number of amides is 1. The first-order valence-electron chi connectivity index (χ1n) is 7.30. The highest BCUT2D eigenvalue weighted by Crippen LogP contribution is 2.26. The zero-order valence-electron chi connectivity index (χ0n) is 12.3. The van der Waals surface area contributed by atoms with Gasteiger partial charge in [-0.3, -0.25) is 9.89 Å². The van der Waals surface area contributed by atoms with E-state index in [1.165, 1.54) is 16.2 Å². The molecule has 1 atom stereocenters. The molecule has 1 aliphatic rings. The average molecular weight is 320 g/mol. The lowest BCUT2D eigenvalue weighted by Crippen LogP contribution is -2.31. The number of carbonyl (C=O) groups excluding carboxylic acids is 1. The van der Waals surface area contributed by atoms with Crippen LogP contribution in [0.2, 0.25) is 5.02 Å². The summed E-state index contributed by atoms with van der Waals surface area (Å²) in [5.41, 5.74) is 3.69. The molecule has 0 saturated heterocycles. The summed E-state index contributed by atoms with van der Waals surface area (Å²) in [6, 6.07) is 6.83. The lowest BCUT2D eigenvalue weighted by Gasteiger charge is -2.21. The second-order valence-corrected chi connectivity index (χ2v) is 6.01. The molecule has 116 valence electrons. The lowest BCUT2D eigenvalue weighted by molar-refractivity contribution is -0.139. The summed E-state index contributed by atoms with van der Waals surface area (Å²) in [5, 5.41) is 18.0. The molecule has 22 heavy (non-hydrogen) atoms. The number of nitrogens with zero attached hydrogens (tertiary/aromatic N) is 2. The third kappa shape index (κ3) is 2.74. The van der Waals surface area contributed by atoms with Crippen molar-refractivity contribution in [2.75, 3.05) is 7.05 Å². The number of hydrogen-bond acceptors (Lipinski definition) is 3. The van der Waals surface area contributed by atoms with E-state index in [9.17, 15) is 9.90 Å². The number of benzene rings is 1. The van der Waals surface area contributed by atoms with Crippen LogP contribution in [0, 0.1) is 0 Å². The fourth-order valence-electron chi connectivity index (χ4n) is 2.86. The molecule has 3 rings (SSSR count). The molecule has 0 radical (unpaired) electrons. The maximum Gasteiger partial charge on any atom is 0.256 e. The van der Waals surface area contributed by atoms with Crippen molar-refractivity contribution in [3.8, 4) is 0 Å². The van der Waals surface area contributed by atoms with Crippen molar-refractivity contribution < 1.29 is 9.90 Å². The third-order valence-corrected chi connectivity index (χ3v) is 4.43. The second kappa shape index (κ2) is 6.10. The van der Waals surface area contributed by atoms with Gasteiger partial charge in [0.1, 0.15) is 0 Å². The van der Waals surface area contributed by atoms with Crippen LogP contribution >= 0.6 is 11.6 Å². The van der Waals surface area contributed by atoms with Gasteiger partial charge in [-0.2, -0.15) is 5.10 Å². The fourth-order valence-corrected chi connectivity index (χ4v) is 3.10. The van der Waals surface area contributed by atoms with Gasteiger partial charge >= 0.3 is 0 Å². The first kappa shape index (κ1) is 15.1. The van der Waals surface area contributed by atoms with Gasteiger partial charge in [0.2, 0.25) is 0 Å². The number of nitrogens with one attached hydrogen (secondary N) is 1. The summed E-state index contributed by atoms with van der Waals surface area (Å²) in [4.78, 5) is 13.9. The Morgan fingerprint density at radius 1 is 1.45 bits per heavy atom. The molecular weight excluding hydrogens is 302 g/mol. The predicted octanol–water partition coefficient (Wildman–Crippen LogP) is 2.24. The van der Waals surface area contributed by atoms with Crippen LogP contribution in [0.3, 0.4) is 0 Å². The van der Waals surface area contributed by atoms with Crippen LogP contribution in [-0.4, -0.2) is 33.2 Å². The van der Waals surface area contributed by atoms with Crippen molar-refractivity contribution in [2.24, 2.45) is 0 Å². The summed E-state index contributed by atoms with van der Waals surface area (Å²) in [7, 11) is 1.67. The minimum atomic E-state index is -1.26. The number of fused-ring (bicyclic) bond motifs is 1. The third-order valence-electron chi connectivity index (χ3n) is 4.09. The molecule has 2 N–H and O–H groups in total. The Labute approximate surface area is 133 Å². The van der Waals surface area contributed by atoms with E-state index in [0.717, 1.165) is 25.0 Å². The number of aromatic amines is 1. The molecule has 1 heterocycles. The molecule has 1 amide bonds. The summed E-state index contributed by atoms with van der Waals surface area (Å²) in [6.07, 6.45) is 1.88. The van der Waals surface area contributed by atoms with Crippen molar-refractivity contribution in [3.63, 3.8) is 0 Å². The molecule has 1 aromatic heterocycles. The number of likely N-dealkylation sites (N-methyl/N-ethyl adjacent to an activating group) is 1. The zero-order chi connectivity index (χ0) is 15.7. The van der Waals surface area contributed by atoms with Crippen molar-refractivity contribution >= 4 is 17.5 Å². The normalized spacial score (nSPS) is 14.7. The highest BCUT2D eigenvalue weighted by Gasteiger charge is 2.25. The number of aromatic nitrogens is 2. The summed E-state index contributed by atoms with van der Waals surface area (Å²) >= 11 is 6.04. The smallest absolute Gasteiger partial charge is 0.256 e. The van der Waals surface area contributed by atoms with Crippen LogP contribution in [0.25, 0.3) is 0 Å². The fraction of sp³-hybridized carbons (Fsp3) is 0.375. The number of aliphatic hydroxyl groups excluding tert-OH is 1. The van der Waals surface area contributed by atoms with Gasteiger partial charge in [-0.25, -0.2) is 0 Å². The Hall–Kier alpha value is -1.85. The lowest BCUT2D eigenvalue weighted by atomic mass is 10.1. The van der Waals surface area contributed by atoms with Gasteiger partial charge in [-0.05, 0) is 30.9 Å². The van der Waals surface area contributed by atoms with Crippen molar-refractivity contribution in [1.29, 1.82) is 0 Å². The number of halogens is 1. The molecule has 5 nitrogen and oxygen atoms in total. The average Bonchev–Trinajstić information content (AvgIpc) is 3.11. The molecule has 2 aromatic rings.